The number of likely N-dealkylation sites (tertiary alicyclic amines) is 1. The smallest absolute Gasteiger partial charge is 0.238 e. The Morgan fingerprint density at radius 2 is 1.86 bits per heavy atom. The highest BCUT2D eigenvalue weighted by Crippen LogP contribution is 2.15. The van der Waals surface area contributed by atoms with Crippen LogP contribution in [0.15, 0.2) is 29.2 Å². The number of amides is 2. The SMILES string of the molecule is CC(=O)N1CC(C(=O)NCCc2ccc(S(N)(=O)=O)cc2)C1. The Hall–Kier alpha value is -1.93. The summed E-state index contributed by atoms with van der Waals surface area (Å²) in [6, 6.07) is 6.24. The largest absolute Gasteiger partial charge is 0.355 e. The van der Waals surface area contributed by atoms with Gasteiger partial charge in [-0.3, -0.25) is 9.59 Å². The lowest BCUT2D eigenvalue weighted by Gasteiger charge is -2.37. The average molecular weight is 325 g/mol. The fourth-order valence-corrected chi connectivity index (χ4v) is 2.74. The molecule has 0 radical (unpaired) electrons. The van der Waals surface area contributed by atoms with Crippen LogP contribution in [-0.4, -0.2) is 44.8 Å². The first kappa shape index (κ1) is 16.4. The fourth-order valence-electron chi connectivity index (χ4n) is 2.22. The Morgan fingerprint density at radius 3 is 2.36 bits per heavy atom. The summed E-state index contributed by atoms with van der Waals surface area (Å²) in [5, 5.41) is 7.84. The lowest BCUT2D eigenvalue weighted by Crippen LogP contribution is -2.55. The second-order valence-electron chi connectivity index (χ2n) is 5.35. The molecular weight excluding hydrogens is 306 g/mol. The van der Waals surface area contributed by atoms with Gasteiger partial charge in [-0.2, -0.15) is 0 Å². The number of rotatable bonds is 5. The van der Waals surface area contributed by atoms with Crippen molar-refractivity contribution in [3.63, 3.8) is 0 Å². The van der Waals surface area contributed by atoms with Gasteiger partial charge in [0.15, 0.2) is 0 Å². The Labute approximate surface area is 129 Å². The number of sulfonamides is 1. The number of hydrogen-bond donors (Lipinski definition) is 2. The molecule has 0 unspecified atom stereocenters. The molecule has 0 bridgehead atoms. The minimum atomic E-state index is -3.67. The summed E-state index contributed by atoms with van der Waals surface area (Å²) in [4.78, 5) is 24.5. The van der Waals surface area contributed by atoms with Gasteiger partial charge in [0.1, 0.15) is 0 Å². The molecule has 120 valence electrons. The molecule has 1 aromatic carbocycles. The number of carbonyl (C=O) groups excluding carboxylic acids is 2. The molecule has 1 fully saturated rings. The molecule has 0 aromatic heterocycles. The molecule has 1 saturated heterocycles. The van der Waals surface area contributed by atoms with Crippen LogP contribution >= 0.6 is 0 Å². The van der Waals surface area contributed by atoms with E-state index in [1.54, 1.807) is 17.0 Å². The molecule has 8 heteroatoms. The quantitative estimate of drug-likeness (QED) is 0.758. The predicted octanol–water partition coefficient (Wildman–Crippen LogP) is -0.529. The van der Waals surface area contributed by atoms with E-state index in [4.69, 9.17) is 5.14 Å². The normalized spacial score (nSPS) is 15.3. The maximum Gasteiger partial charge on any atom is 0.238 e. The molecule has 7 nitrogen and oxygen atoms in total. The van der Waals surface area contributed by atoms with E-state index in [1.807, 2.05) is 0 Å². The van der Waals surface area contributed by atoms with Crippen LogP contribution < -0.4 is 10.5 Å². The summed E-state index contributed by atoms with van der Waals surface area (Å²) < 4.78 is 22.3. The van der Waals surface area contributed by atoms with E-state index < -0.39 is 10.0 Å². The van der Waals surface area contributed by atoms with Gasteiger partial charge in [-0.25, -0.2) is 13.6 Å². The first-order chi connectivity index (χ1) is 10.3. The second-order valence-corrected chi connectivity index (χ2v) is 6.91. The number of benzene rings is 1. The van der Waals surface area contributed by atoms with E-state index in [-0.39, 0.29) is 22.6 Å². The third-order valence-electron chi connectivity index (χ3n) is 3.66. The highest BCUT2D eigenvalue weighted by molar-refractivity contribution is 7.89. The van der Waals surface area contributed by atoms with Crippen LogP contribution in [0.5, 0.6) is 0 Å². The van der Waals surface area contributed by atoms with Crippen molar-refractivity contribution < 1.29 is 18.0 Å². The van der Waals surface area contributed by atoms with Crippen LogP contribution in [0.2, 0.25) is 0 Å². The molecule has 3 N–H and O–H groups in total. The number of nitrogens with zero attached hydrogens (tertiary/aromatic N) is 1. The lowest BCUT2D eigenvalue weighted by molar-refractivity contribution is -0.141. The summed E-state index contributed by atoms with van der Waals surface area (Å²) in [7, 11) is -3.67. The third kappa shape index (κ3) is 4.05. The number of carbonyl (C=O) groups is 2. The van der Waals surface area contributed by atoms with Gasteiger partial charge in [0.25, 0.3) is 0 Å². The van der Waals surface area contributed by atoms with Crippen LogP contribution in [0, 0.1) is 5.92 Å². The molecule has 2 amide bonds. The minimum absolute atomic E-state index is 0.0148. The van der Waals surface area contributed by atoms with Crippen molar-refractivity contribution in [2.45, 2.75) is 18.2 Å². The highest BCUT2D eigenvalue weighted by atomic mass is 32.2. The van der Waals surface area contributed by atoms with Gasteiger partial charge in [0.05, 0.1) is 10.8 Å². The molecule has 0 atom stereocenters. The van der Waals surface area contributed by atoms with E-state index in [0.717, 1.165) is 5.56 Å². The average Bonchev–Trinajstić information content (AvgIpc) is 2.36. The minimum Gasteiger partial charge on any atom is -0.355 e. The predicted molar refractivity (Wildman–Crippen MR) is 80.3 cm³/mol. The van der Waals surface area contributed by atoms with Crippen molar-refractivity contribution in [2.24, 2.45) is 11.1 Å². The molecule has 1 aliphatic heterocycles. The van der Waals surface area contributed by atoms with Crippen molar-refractivity contribution in [3.05, 3.63) is 29.8 Å². The van der Waals surface area contributed by atoms with Crippen molar-refractivity contribution in [2.75, 3.05) is 19.6 Å². The van der Waals surface area contributed by atoms with E-state index in [2.05, 4.69) is 5.32 Å². The van der Waals surface area contributed by atoms with Crippen molar-refractivity contribution in [3.8, 4) is 0 Å². The highest BCUT2D eigenvalue weighted by Gasteiger charge is 2.33. The van der Waals surface area contributed by atoms with Gasteiger partial charge in [-0.05, 0) is 24.1 Å². The zero-order valence-corrected chi connectivity index (χ0v) is 13.1. The van der Waals surface area contributed by atoms with Crippen molar-refractivity contribution in [1.29, 1.82) is 0 Å². The molecular formula is C14H19N3O4S. The van der Waals surface area contributed by atoms with Gasteiger partial charge >= 0.3 is 0 Å². The summed E-state index contributed by atoms with van der Waals surface area (Å²) in [6.07, 6.45) is 0.597. The molecule has 22 heavy (non-hydrogen) atoms. The first-order valence-electron chi connectivity index (χ1n) is 6.92. The Bertz CT molecular complexity index is 664. The van der Waals surface area contributed by atoms with Gasteiger partial charge in [0, 0.05) is 26.6 Å². The number of nitrogens with two attached hydrogens (primary N) is 1. The van der Waals surface area contributed by atoms with Crippen LogP contribution in [0.3, 0.4) is 0 Å². The van der Waals surface area contributed by atoms with Crippen LogP contribution in [0.25, 0.3) is 0 Å². The van der Waals surface area contributed by atoms with Gasteiger partial charge in [-0.15, -0.1) is 0 Å². The molecule has 0 saturated carbocycles. The zero-order valence-electron chi connectivity index (χ0n) is 12.3. The van der Waals surface area contributed by atoms with Crippen LogP contribution in [0.4, 0.5) is 0 Å². The van der Waals surface area contributed by atoms with Crippen LogP contribution in [0.1, 0.15) is 12.5 Å². The number of nitrogens with one attached hydrogen (secondary N) is 1. The van der Waals surface area contributed by atoms with Crippen molar-refractivity contribution >= 4 is 21.8 Å². The molecule has 0 aliphatic carbocycles. The molecule has 1 aromatic rings. The lowest BCUT2D eigenvalue weighted by atomic mass is 9.99. The molecule has 1 heterocycles. The monoisotopic (exact) mass is 325 g/mol. The summed E-state index contributed by atoms with van der Waals surface area (Å²) in [5.74, 6) is -0.202. The van der Waals surface area contributed by atoms with Gasteiger partial charge < -0.3 is 10.2 Å². The summed E-state index contributed by atoms with van der Waals surface area (Å²) >= 11 is 0. The standard InChI is InChI=1S/C14H19N3O4S/c1-10(18)17-8-12(9-17)14(19)16-7-6-11-2-4-13(5-3-11)22(15,20)21/h2-5,12H,6-9H2,1H3,(H,16,19)(H2,15,20,21). The van der Waals surface area contributed by atoms with E-state index in [9.17, 15) is 18.0 Å². The molecule has 2 rings (SSSR count). The molecule has 0 spiro atoms. The second kappa shape index (κ2) is 6.45. The molecule has 1 aliphatic rings. The van der Waals surface area contributed by atoms with E-state index in [1.165, 1.54) is 19.1 Å². The fraction of sp³-hybridized carbons (Fsp3) is 0.429. The first-order valence-corrected chi connectivity index (χ1v) is 8.47. The van der Waals surface area contributed by atoms with E-state index in [0.29, 0.717) is 26.1 Å². The van der Waals surface area contributed by atoms with Gasteiger partial charge in [-0.1, -0.05) is 12.1 Å². The summed E-state index contributed by atoms with van der Waals surface area (Å²) in [6.45, 7) is 2.90. The van der Waals surface area contributed by atoms with Crippen LogP contribution in [-0.2, 0) is 26.0 Å². The maximum absolute atomic E-state index is 11.8. The zero-order chi connectivity index (χ0) is 16.3. The topological polar surface area (TPSA) is 110 Å². The summed E-state index contributed by atoms with van der Waals surface area (Å²) in [5.41, 5.74) is 0.909. The Kier molecular flexibility index (Phi) is 4.82. The van der Waals surface area contributed by atoms with E-state index >= 15 is 0 Å². The Morgan fingerprint density at radius 1 is 1.27 bits per heavy atom. The van der Waals surface area contributed by atoms with Gasteiger partial charge in [0.2, 0.25) is 21.8 Å². The third-order valence-corrected chi connectivity index (χ3v) is 4.59. The maximum atomic E-state index is 11.8. The van der Waals surface area contributed by atoms with Crippen molar-refractivity contribution in [1.82, 2.24) is 10.2 Å². The number of hydrogen-bond acceptors (Lipinski definition) is 4. The Balaban J connectivity index is 1.75. The number of primary sulfonamides is 1.